The summed E-state index contributed by atoms with van der Waals surface area (Å²) in [4.78, 5) is 17.9. The van der Waals surface area contributed by atoms with Gasteiger partial charge in [-0.25, -0.2) is 4.98 Å². The highest BCUT2D eigenvalue weighted by molar-refractivity contribution is 5.97. The second kappa shape index (κ2) is 6.27. The number of alkyl halides is 3. The van der Waals surface area contributed by atoms with E-state index in [2.05, 4.69) is 10.3 Å². The normalized spacial score (nSPS) is 14.9. The number of anilines is 1. The molecule has 0 bridgehead atoms. The first-order chi connectivity index (χ1) is 11.8. The molecule has 0 radical (unpaired) electrons. The monoisotopic (exact) mass is 351 g/mol. The Labute approximate surface area is 142 Å². The van der Waals surface area contributed by atoms with E-state index < -0.39 is 11.7 Å². The summed E-state index contributed by atoms with van der Waals surface area (Å²) in [6, 6.07) is 5.92. The molecule has 0 atom stereocenters. The predicted octanol–water partition coefficient (Wildman–Crippen LogP) is 3.70. The fourth-order valence-electron chi connectivity index (χ4n) is 2.53. The van der Waals surface area contributed by atoms with Crippen LogP contribution in [0.5, 0.6) is 11.5 Å². The molecule has 0 saturated heterocycles. The Morgan fingerprint density at radius 2 is 2.08 bits per heavy atom. The second-order valence-corrected chi connectivity index (χ2v) is 5.78. The fraction of sp³-hybridized carbons (Fsp3) is 0.294. The highest BCUT2D eigenvalue weighted by Gasteiger charge is 2.32. The van der Waals surface area contributed by atoms with Crippen LogP contribution in [0, 0.1) is 6.92 Å². The number of hydrogen-bond acceptors (Lipinski definition) is 4. The first-order valence-electron chi connectivity index (χ1n) is 7.61. The second-order valence-electron chi connectivity index (χ2n) is 5.78. The number of ether oxygens (including phenoxy) is 1. The van der Waals surface area contributed by atoms with E-state index >= 15 is 0 Å². The van der Waals surface area contributed by atoms with Crippen LogP contribution in [-0.4, -0.2) is 35.9 Å². The van der Waals surface area contributed by atoms with Crippen molar-refractivity contribution in [1.82, 2.24) is 9.88 Å². The van der Waals surface area contributed by atoms with E-state index in [9.17, 15) is 18.0 Å². The third-order valence-electron chi connectivity index (χ3n) is 3.92. The van der Waals surface area contributed by atoms with Crippen molar-refractivity contribution in [2.24, 2.45) is 0 Å². The van der Waals surface area contributed by atoms with Crippen molar-refractivity contribution in [3.05, 3.63) is 47.2 Å². The first kappa shape index (κ1) is 17.1. The van der Waals surface area contributed by atoms with Crippen LogP contribution in [0.2, 0.25) is 0 Å². The number of rotatable bonds is 0. The summed E-state index contributed by atoms with van der Waals surface area (Å²) in [6.07, 6.45) is -3.78. The van der Waals surface area contributed by atoms with Crippen LogP contribution in [0.1, 0.15) is 21.5 Å². The molecule has 2 heterocycles. The summed E-state index contributed by atoms with van der Waals surface area (Å²) in [5.74, 6) is 0.0991. The zero-order chi connectivity index (χ0) is 18.2. The van der Waals surface area contributed by atoms with Crippen LogP contribution in [0.4, 0.5) is 19.0 Å². The number of hydrogen-bond donors (Lipinski definition) is 1. The summed E-state index contributed by atoms with van der Waals surface area (Å²) in [6.45, 7) is 2.43. The number of nitrogens with zero attached hydrogens (tertiary/aromatic N) is 2. The molecule has 8 heteroatoms. The van der Waals surface area contributed by atoms with E-state index in [0.29, 0.717) is 24.2 Å². The van der Waals surface area contributed by atoms with E-state index in [1.54, 1.807) is 32.2 Å². The molecule has 0 unspecified atom stereocenters. The molecular formula is C17H16F3N3O2. The van der Waals surface area contributed by atoms with Crippen LogP contribution < -0.4 is 10.1 Å². The summed E-state index contributed by atoms with van der Waals surface area (Å²) in [5, 5.41) is 2.92. The van der Waals surface area contributed by atoms with Crippen molar-refractivity contribution in [2.45, 2.75) is 13.1 Å². The number of carbonyl (C=O) groups is 1. The predicted molar refractivity (Wildman–Crippen MR) is 85.9 cm³/mol. The Balaban J connectivity index is 2.15. The number of benzene rings is 1. The highest BCUT2D eigenvalue weighted by atomic mass is 19.4. The lowest BCUT2D eigenvalue weighted by atomic mass is 10.1. The molecule has 1 N–H and O–H groups in total. The van der Waals surface area contributed by atoms with E-state index in [1.807, 2.05) is 0 Å². The number of carbonyl (C=O) groups excluding carboxylic acids is 1. The Morgan fingerprint density at radius 3 is 2.80 bits per heavy atom. The molecule has 1 amide bonds. The molecule has 0 saturated carbocycles. The van der Waals surface area contributed by atoms with Gasteiger partial charge in [0.25, 0.3) is 5.91 Å². The number of amides is 1. The maximum absolute atomic E-state index is 13.0. The zero-order valence-corrected chi connectivity index (χ0v) is 13.6. The fourth-order valence-corrected chi connectivity index (χ4v) is 2.53. The quantitative estimate of drug-likeness (QED) is 0.786. The van der Waals surface area contributed by atoms with Gasteiger partial charge in [0, 0.05) is 26.3 Å². The minimum absolute atomic E-state index is 0.0669. The number of nitrogens with one attached hydrogen (secondary N) is 1. The molecule has 0 aliphatic carbocycles. The lowest BCUT2D eigenvalue weighted by molar-refractivity contribution is -0.137. The van der Waals surface area contributed by atoms with E-state index in [0.717, 1.165) is 12.3 Å². The van der Waals surface area contributed by atoms with Crippen molar-refractivity contribution in [3.63, 3.8) is 0 Å². The number of fused-ring (bicyclic) bond motifs is 2. The molecule has 2 aromatic rings. The highest BCUT2D eigenvalue weighted by Crippen LogP contribution is 2.38. The molecule has 0 spiro atoms. The lowest BCUT2D eigenvalue weighted by Gasteiger charge is -2.23. The summed E-state index contributed by atoms with van der Waals surface area (Å²) >= 11 is 0. The van der Waals surface area contributed by atoms with E-state index in [-0.39, 0.29) is 23.2 Å². The minimum atomic E-state index is -4.54. The van der Waals surface area contributed by atoms with Gasteiger partial charge in [0.05, 0.1) is 11.1 Å². The van der Waals surface area contributed by atoms with Crippen molar-refractivity contribution >= 4 is 11.7 Å². The van der Waals surface area contributed by atoms with Crippen molar-refractivity contribution < 1.29 is 22.7 Å². The van der Waals surface area contributed by atoms with E-state index in [1.165, 1.54) is 4.90 Å². The molecule has 1 aromatic heterocycles. The van der Waals surface area contributed by atoms with Crippen LogP contribution >= 0.6 is 0 Å². The molecule has 0 fully saturated rings. The zero-order valence-electron chi connectivity index (χ0n) is 13.6. The van der Waals surface area contributed by atoms with Gasteiger partial charge in [-0.3, -0.25) is 4.79 Å². The van der Waals surface area contributed by atoms with Crippen LogP contribution in [0.3, 0.4) is 0 Å². The minimum Gasteiger partial charge on any atom is -0.452 e. The van der Waals surface area contributed by atoms with Crippen LogP contribution in [0.15, 0.2) is 30.5 Å². The third kappa shape index (κ3) is 3.38. The van der Waals surface area contributed by atoms with Gasteiger partial charge in [0.15, 0.2) is 11.6 Å². The van der Waals surface area contributed by atoms with Gasteiger partial charge < -0.3 is 15.0 Å². The van der Waals surface area contributed by atoms with E-state index in [4.69, 9.17) is 4.74 Å². The van der Waals surface area contributed by atoms with Gasteiger partial charge in [0.1, 0.15) is 5.75 Å². The molecule has 1 aromatic carbocycles. The largest absolute Gasteiger partial charge is 0.452 e. The van der Waals surface area contributed by atoms with Gasteiger partial charge in [-0.15, -0.1) is 0 Å². The molecule has 5 nitrogen and oxygen atoms in total. The Kier molecular flexibility index (Phi) is 4.28. The first-order valence-corrected chi connectivity index (χ1v) is 7.61. The van der Waals surface area contributed by atoms with Gasteiger partial charge in [-0.2, -0.15) is 13.2 Å². The smallest absolute Gasteiger partial charge is 0.418 e. The number of para-hydroxylation sites is 1. The topological polar surface area (TPSA) is 54.5 Å². The average Bonchev–Trinajstić information content (AvgIpc) is 2.55. The number of halogens is 3. The maximum atomic E-state index is 13.0. The lowest BCUT2D eigenvalue weighted by Crippen LogP contribution is -2.32. The van der Waals surface area contributed by atoms with Crippen LogP contribution in [-0.2, 0) is 6.18 Å². The summed E-state index contributed by atoms with van der Waals surface area (Å²) in [7, 11) is 1.65. The number of aryl methyl sites for hydroxylation is 1. The standard InChI is InChI=1S/C17H16F3N3O2/c1-10-4-3-5-12-14(10)25-13-8-11(17(18,19)20)9-22-15(13)21-6-7-23(2)16(12)24/h3-5,8-9H,6-7H2,1-2H3,(H,21,22). The molecule has 1 aliphatic rings. The SMILES string of the molecule is Cc1cccc2c1Oc1cc(C(F)(F)F)cnc1NCCN(C)C2=O. The molecule has 3 rings (SSSR count). The number of pyridine rings is 1. The van der Waals surface area contributed by atoms with Gasteiger partial charge in [-0.1, -0.05) is 12.1 Å². The number of aromatic nitrogens is 1. The van der Waals surface area contributed by atoms with Gasteiger partial charge >= 0.3 is 6.18 Å². The third-order valence-corrected chi connectivity index (χ3v) is 3.92. The van der Waals surface area contributed by atoms with Gasteiger partial charge in [0.2, 0.25) is 0 Å². The summed E-state index contributed by atoms with van der Waals surface area (Å²) in [5.41, 5.74) is 0.0274. The van der Waals surface area contributed by atoms with Crippen molar-refractivity contribution in [3.8, 4) is 11.5 Å². The van der Waals surface area contributed by atoms with Crippen molar-refractivity contribution in [1.29, 1.82) is 0 Å². The number of likely N-dealkylation sites (N-methyl/N-ethyl adjacent to an activating group) is 1. The maximum Gasteiger partial charge on any atom is 0.418 e. The molecule has 25 heavy (non-hydrogen) atoms. The summed E-state index contributed by atoms with van der Waals surface area (Å²) < 4.78 is 44.7. The Morgan fingerprint density at radius 1 is 1.32 bits per heavy atom. The van der Waals surface area contributed by atoms with Crippen molar-refractivity contribution in [2.75, 3.05) is 25.5 Å². The van der Waals surface area contributed by atoms with Crippen LogP contribution in [0.25, 0.3) is 0 Å². The average molecular weight is 351 g/mol. The van der Waals surface area contributed by atoms with Gasteiger partial charge in [-0.05, 0) is 24.6 Å². The Hall–Kier alpha value is -2.77. The molecule has 1 aliphatic heterocycles. The molecule has 132 valence electrons. The Bertz CT molecular complexity index is 821. The molecular weight excluding hydrogens is 335 g/mol.